The average molecular weight is 486 g/mol. The molecule has 1 heterocycles. The van der Waals surface area contributed by atoms with E-state index in [0.717, 1.165) is 38.0 Å². The minimum absolute atomic E-state index is 0.373. The molecule has 3 rings (SSSR count). The molecule has 6 nitrogen and oxygen atoms in total. The Morgan fingerprint density at radius 1 is 0.970 bits per heavy atom. The normalized spacial score (nSPS) is 10.7. The zero-order chi connectivity index (χ0) is 23.8. The van der Waals surface area contributed by atoms with Crippen molar-refractivity contribution in [1.29, 1.82) is 0 Å². The van der Waals surface area contributed by atoms with Crippen molar-refractivity contribution in [1.82, 2.24) is 9.97 Å². The zero-order valence-corrected chi connectivity index (χ0v) is 20.7. The van der Waals surface area contributed by atoms with Crippen LogP contribution in [0.15, 0.2) is 54.9 Å². The largest absolute Gasteiger partial charge is 0.372 e. The number of para-hydroxylation sites is 1. The predicted octanol–water partition coefficient (Wildman–Crippen LogP) is 6.47. The maximum atomic E-state index is 12.7. The molecule has 1 aromatic heterocycles. The molecule has 0 atom stereocenters. The minimum atomic E-state index is -0.386. The molecule has 0 unspecified atom stereocenters. The highest BCUT2D eigenvalue weighted by molar-refractivity contribution is 6.39. The summed E-state index contributed by atoms with van der Waals surface area (Å²) in [6.45, 7) is 6.34. The Kier molecular flexibility index (Phi) is 8.92. The summed E-state index contributed by atoms with van der Waals surface area (Å²) >= 11 is 12.3. The van der Waals surface area contributed by atoms with Gasteiger partial charge in [0.1, 0.15) is 12.1 Å². The first kappa shape index (κ1) is 24.8. The summed E-state index contributed by atoms with van der Waals surface area (Å²) in [6.07, 6.45) is 4.18. The van der Waals surface area contributed by atoms with E-state index in [4.69, 9.17) is 23.2 Å². The first-order chi connectivity index (χ1) is 15.9. The molecule has 174 valence electrons. The van der Waals surface area contributed by atoms with E-state index in [2.05, 4.69) is 58.3 Å². The van der Waals surface area contributed by atoms with E-state index in [1.807, 2.05) is 6.07 Å². The van der Waals surface area contributed by atoms with Crippen LogP contribution < -0.4 is 15.1 Å². The number of halogens is 2. The van der Waals surface area contributed by atoms with Crippen molar-refractivity contribution in [2.75, 3.05) is 35.3 Å². The summed E-state index contributed by atoms with van der Waals surface area (Å²) < 4.78 is 0. The van der Waals surface area contributed by atoms with Crippen LogP contribution >= 0.6 is 23.2 Å². The number of amides is 2. The van der Waals surface area contributed by atoms with Gasteiger partial charge >= 0.3 is 6.03 Å². The van der Waals surface area contributed by atoms with Gasteiger partial charge in [-0.2, -0.15) is 0 Å². The number of rotatable bonds is 9. The summed E-state index contributed by atoms with van der Waals surface area (Å²) in [5.41, 5.74) is 3.81. The van der Waals surface area contributed by atoms with E-state index in [1.54, 1.807) is 25.2 Å². The van der Waals surface area contributed by atoms with Gasteiger partial charge in [0.25, 0.3) is 0 Å². The van der Waals surface area contributed by atoms with E-state index in [1.165, 1.54) is 22.5 Å². The highest BCUT2D eigenvalue weighted by Crippen LogP contribution is 2.30. The van der Waals surface area contributed by atoms with E-state index in [0.29, 0.717) is 21.6 Å². The third-order valence-electron chi connectivity index (χ3n) is 5.52. The first-order valence-corrected chi connectivity index (χ1v) is 11.8. The molecule has 8 heteroatoms. The third kappa shape index (κ3) is 6.59. The number of aryl methyl sites for hydroxylation is 2. The van der Waals surface area contributed by atoms with Crippen LogP contribution in [0.5, 0.6) is 0 Å². The smallest absolute Gasteiger partial charge is 0.327 e. The number of carbonyl (C=O) groups excluding carboxylic acids is 1. The van der Waals surface area contributed by atoms with E-state index in [9.17, 15) is 4.79 Å². The van der Waals surface area contributed by atoms with Gasteiger partial charge in [-0.3, -0.25) is 4.90 Å². The quantitative estimate of drug-likeness (QED) is 0.377. The fraction of sp³-hybridized carbons (Fsp3) is 0.320. The molecule has 0 spiro atoms. The summed E-state index contributed by atoms with van der Waals surface area (Å²) in [5, 5.41) is 3.49. The average Bonchev–Trinajstić information content (AvgIpc) is 2.83. The van der Waals surface area contributed by atoms with E-state index < -0.39 is 0 Å². The van der Waals surface area contributed by atoms with Gasteiger partial charge in [-0.15, -0.1) is 0 Å². The lowest BCUT2D eigenvalue weighted by Crippen LogP contribution is -2.32. The van der Waals surface area contributed by atoms with Crippen molar-refractivity contribution in [3.8, 4) is 0 Å². The second kappa shape index (κ2) is 11.9. The van der Waals surface area contributed by atoms with Crippen LogP contribution in [0.1, 0.15) is 31.5 Å². The van der Waals surface area contributed by atoms with Gasteiger partial charge in [-0.05, 0) is 62.9 Å². The summed E-state index contributed by atoms with van der Waals surface area (Å²) in [4.78, 5) is 25.0. The third-order valence-corrected chi connectivity index (χ3v) is 6.15. The second-order valence-corrected chi connectivity index (χ2v) is 8.46. The van der Waals surface area contributed by atoms with Crippen LogP contribution in [0.25, 0.3) is 0 Å². The molecule has 1 N–H and O–H groups in total. The van der Waals surface area contributed by atoms with Crippen LogP contribution in [-0.2, 0) is 12.8 Å². The Hall–Kier alpha value is -2.83. The number of hydrogen-bond donors (Lipinski definition) is 1. The summed E-state index contributed by atoms with van der Waals surface area (Å²) in [6, 6.07) is 15.3. The molecule has 2 aromatic carbocycles. The number of benzene rings is 2. The van der Waals surface area contributed by atoms with E-state index in [-0.39, 0.29) is 6.03 Å². The summed E-state index contributed by atoms with van der Waals surface area (Å²) in [7, 11) is 1.64. The molecular formula is C25H29Cl2N5O. The summed E-state index contributed by atoms with van der Waals surface area (Å²) in [5.74, 6) is 0.504. The van der Waals surface area contributed by atoms with Crippen molar-refractivity contribution in [3.63, 3.8) is 0 Å². The standard InChI is InChI=1S/C25H29Cl2N5O/c1-4-32(5-2)20-14-12-18(13-15-20)8-6-9-19-16-23(29-17-28-19)31(3)25(33)30-24-21(26)10-7-11-22(24)27/h7,10-17H,4-6,8-9H2,1-3H3,(H,30,33). The van der Waals surface area contributed by atoms with Gasteiger partial charge in [-0.1, -0.05) is 41.4 Å². The van der Waals surface area contributed by atoms with Crippen molar-refractivity contribution in [3.05, 3.63) is 76.2 Å². The van der Waals surface area contributed by atoms with Crippen LogP contribution in [-0.4, -0.2) is 36.1 Å². The number of anilines is 3. The van der Waals surface area contributed by atoms with Crippen molar-refractivity contribution in [2.45, 2.75) is 33.1 Å². The molecule has 0 saturated heterocycles. The number of hydrogen-bond acceptors (Lipinski definition) is 4. The Balaban J connectivity index is 1.57. The molecule has 0 aliphatic heterocycles. The molecule has 0 aliphatic rings. The number of urea groups is 1. The topological polar surface area (TPSA) is 61.4 Å². The fourth-order valence-corrected chi connectivity index (χ4v) is 4.05. The van der Waals surface area contributed by atoms with Gasteiger partial charge in [-0.25, -0.2) is 14.8 Å². The molecule has 0 fully saturated rings. The molecule has 3 aromatic rings. The lowest BCUT2D eigenvalue weighted by atomic mass is 10.1. The lowest BCUT2D eigenvalue weighted by molar-refractivity contribution is 0.258. The highest BCUT2D eigenvalue weighted by Gasteiger charge is 2.16. The second-order valence-electron chi connectivity index (χ2n) is 7.65. The van der Waals surface area contributed by atoms with Crippen molar-refractivity contribution >= 4 is 46.4 Å². The van der Waals surface area contributed by atoms with Crippen LogP contribution in [0.3, 0.4) is 0 Å². The van der Waals surface area contributed by atoms with Gasteiger partial charge < -0.3 is 10.2 Å². The molecule has 0 radical (unpaired) electrons. The molecular weight excluding hydrogens is 457 g/mol. The number of nitrogens with one attached hydrogen (secondary N) is 1. The Morgan fingerprint density at radius 3 is 2.27 bits per heavy atom. The SMILES string of the molecule is CCN(CC)c1ccc(CCCc2cc(N(C)C(=O)Nc3c(Cl)cccc3Cl)ncn2)cc1. The van der Waals surface area contributed by atoms with Gasteiger partial charge in [0.15, 0.2) is 0 Å². The Morgan fingerprint density at radius 2 is 1.64 bits per heavy atom. The maximum Gasteiger partial charge on any atom is 0.327 e. The maximum absolute atomic E-state index is 12.7. The molecule has 0 saturated carbocycles. The number of aromatic nitrogens is 2. The lowest BCUT2D eigenvalue weighted by Gasteiger charge is -2.21. The number of carbonyl (C=O) groups is 1. The van der Waals surface area contributed by atoms with Gasteiger partial charge in [0.2, 0.25) is 0 Å². The number of nitrogens with zero attached hydrogens (tertiary/aromatic N) is 4. The van der Waals surface area contributed by atoms with Crippen LogP contribution in [0.2, 0.25) is 10.0 Å². The highest BCUT2D eigenvalue weighted by atomic mass is 35.5. The monoisotopic (exact) mass is 485 g/mol. The van der Waals surface area contributed by atoms with Gasteiger partial charge in [0, 0.05) is 37.6 Å². The molecule has 0 aliphatic carbocycles. The zero-order valence-electron chi connectivity index (χ0n) is 19.2. The predicted molar refractivity (Wildman–Crippen MR) is 138 cm³/mol. The Labute approximate surface area is 205 Å². The first-order valence-electron chi connectivity index (χ1n) is 11.1. The Bertz CT molecular complexity index is 1050. The fourth-order valence-electron chi connectivity index (χ4n) is 3.55. The molecule has 33 heavy (non-hydrogen) atoms. The van der Waals surface area contributed by atoms with Crippen LogP contribution in [0, 0.1) is 0 Å². The van der Waals surface area contributed by atoms with Crippen LogP contribution in [0.4, 0.5) is 22.0 Å². The van der Waals surface area contributed by atoms with Gasteiger partial charge in [0.05, 0.1) is 15.7 Å². The molecule has 2 amide bonds. The minimum Gasteiger partial charge on any atom is -0.372 e. The van der Waals surface area contributed by atoms with Crippen molar-refractivity contribution in [2.24, 2.45) is 0 Å². The molecule has 0 bridgehead atoms. The van der Waals surface area contributed by atoms with E-state index >= 15 is 0 Å². The van der Waals surface area contributed by atoms with Crippen molar-refractivity contribution < 1.29 is 4.79 Å².